The Morgan fingerprint density at radius 3 is 2.71 bits per heavy atom. The molecule has 0 fully saturated rings. The van der Waals surface area contributed by atoms with Crippen LogP contribution in [0.2, 0.25) is 0 Å². The Morgan fingerprint density at radius 1 is 1.29 bits per heavy atom. The lowest BCUT2D eigenvalue weighted by Gasteiger charge is -2.10. The Bertz CT molecular complexity index is 508. The molecular formula is C12H15N3O2. The maximum atomic E-state index is 5.54. The number of methoxy groups -OCH3 is 2. The number of benzene rings is 1. The van der Waals surface area contributed by atoms with E-state index in [4.69, 9.17) is 15.2 Å². The lowest BCUT2D eigenvalue weighted by Crippen LogP contribution is -1.96. The van der Waals surface area contributed by atoms with Gasteiger partial charge in [-0.15, -0.1) is 0 Å². The Balaban J connectivity index is 2.50. The Hall–Kier alpha value is -2.01. The van der Waals surface area contributed by atoms with E-state index in [1.165, 1.54) is 0 Å². The predicted molar refractivity (Wildman–Crippen MR) is 65.0 cm³/mol. The van der Waals surface area contributed by atoms with Crippen molar-refractivity contribution < 1.29 is 9.47 Å². The molecule has 90 valence electrons. The van der Waals surface area contributed by atoms with E-state index in [0.29, 0.717) is 18.0 Å². The number of H-pyrrole nitrogens is 1. The minimum Gasteiger partial charge on any atom is -0.493 e. The Morgan fingerprint density at radius 2 is 2.12 bits per heavy atom. The Labute approximate surface area is 99.6 Å². The number of hydrogen-bond donors (Lipinski definition) is 2. The molecule has 0 spiro atoms. The van der Waals surface area contributed by atoms with Crippen LogP contribution in [-0.2, 0) is 6.54 Å². The van der Waals surface area contributed by atoms with Crippen molar-refractivity contribution in [2.45, 2.75) is 6.54 Å². The highest BCUT2D eigenvalue weighted by Crippen LogP contribution is 2.36. The van der Waals surface area contributed by atoms with Crippen molar-refractivity contribution in [3.63, 3.8) is 0 Å². The molecule has 0 amide bonds. The van der Waals surface area contributed by atoms with Crippen LogP contribution < -0.4 is 15.2 Å². The topological polar surface area (TPSA) is 73.2 Å². The standard InChI is InChI=1S/C12H15N3O2/c1-16-10-5-3-4-9(11(10)17-2)12-14-7-8(6-13)15-12/h3-5,7H,6,13H2,1-2H3,(H,14,15). The van der Waals surface area contributed by atoms with Gasteiger partial charge in [-0.3, -0.25) is 0 Å². The maximum absolute atomic E-state index is 5.54. The van der Waals surface area contributed by atoms with Gasteiger partial charge in [-0.2, -0.15) is 0 Å². The molecule has 2 rings (SSSR count). The van der Waals surface area contributed by atoms with Crippen LogP contribution >= 0.6 is 0 Å². The summed E-state index contributed by atoms with van der Waals surface area (Å²) in [6.45, 7) is 0.430. The van der Waals surface area contributed by atoms with Gasteiger partial charge in [0.25, 0.3) is 0 Å². The summed E-state index contributed by atoms with van der Waals surface area (Å²) in [4.78, 5) is 7.40. The quantitative estimate of drug-likeness (QED) is 0.840. The van der Waals surface area contributed by atoms with E-state index in [1.54, 1.807) is 20.4 Å². The zero-order chi connectivity index (χ0) is 12.3. The van der Waals surface area contributed by atoms with Gasteiger partial charge in [-0.25, -0.2) is 4.98 Å². The van der Waals surface area contributed by atoms with E-state index in [2.05, 4.69) is 9.97 Å². The molecule has 0 atom stereocenters. The molecule has 2 aromatic rings. The van der Waals surface area contributed by atoms with Gasteiger partial charge in [-0.1, -0.05) is 6.07 Å². The number of aromatic nitrogens is 2. The number of ether oxygens (including phenoxy) is 2. The fraction of sp³-hybridized carbons (Fsp3) is 0.250. The van der Waals surface area contributed by atoms with Crippen molar-refractivity contribution in [1.29, 1.82) is 0 Å². The monoisotopic (exact) mass is 233 g/mol. The van der Waals surface area contributed by atoms with Crippen LogP contribution in [0.4, 0.5) is 0 Å². The van der Waals surface area contributed by atoms with Gasteiger partial charge in [0, 0.05) is 18.4 Å². The molecule has 1 heterocycles. The molecule has 1 aromatic heterocycles. The maximum Gasteiger partial charge on any atom is 0.171 e. The number of para-hydroxylation sites is 1. The van der Waals surface area contributed by atoms with E-state index in [0.717, 1.165) is 17.1 Å². The number of nitrogens with one attached hydrogen (secondary N) is 1. The van der Waals surface area contributed by atoms with Crippen molar-refractivity contribution in [1.82, 2.24) is 9.97 Å². The van der Waals surface area contributed by atoms with Crippen LogP contribution in [0.1, 0.15) is 5.69 Å². The van der Waals surface area contributed by atoms with E-state index in [9.17, 15) is 0 Å². The minimum atomic E-state index is 0.430. The second kappa shape index (κ2) is 4.88. The lowest BCUT2D eigenvalue weighted by atomic mass is 10.1. The van der Waals surface area contributed by atoms with Gasteiger partial charge < -0.3 is 20.2 Å². The second-order valence-corrected chi connectivity index (χ2v) is 3.50. The molecular weight excluding hydrogens is 218 g/mol. The molecule has 17 heavy (non-hydrogen) atoms. The molecule has 0 radical (unpaired) electrons. The number of imidazole rings is 1. The minimum absolute atomic E-state index is 0.430. The van der Waals surface area contributed by atoms with Crippen molar-refractivity contribution in [2.75, 3.05) is 14.2 Å². The molecule has 1 aromatic carbocycles. The van der Waals surface area contributed by atoms with Crippen LogP contribution in [0.5, 0.6) is 11.5 Å². The van der Waals surface area contributed by atoms with Gasteiger partial charge in [0.15, 0.2) is 11.5 Å². The zero-order valence-corrected chi connectivity index (χ0v) is 9.86. The first-order chi connectivity index (χ1) is 8.30. The third kappa shape index (κ3) is 2.09. The summed E-state index contributed by atoms with van der Waals surface area (Å²) in [5.41, 5.74) is 7.27. The predicted octanol–water partition coefficient (Wildman–Crippen LogP) is 1.55. The summed E-state index contributed by atoms with van der Waals surface area (Å²) in [6.07, 6.45) is 1.72. The van der Waals surface area contributed by atoms with Crippen molar-refractivity contribution >= 4 is 0 Å². The summed E-state index contributed by atoms with van der Waals surface area (Å²) in [5.74, 6) is 2.06. The first-order valence-electron chi connectivity index (χ1n) is 5.25. The molecule has 0 unspecified atom stereocenters. The molecule has 3 N–H and O–H groups in total. The fourth-order valence-electron chi connectivity index (χ4n) is 1.67. The van der Waals surface area contributed by atoms with Crippen molar-refractivity contribution in [3.05, 3.63) is 30.1 Å². The fourth-order valence-corrected chi connectivity index (χ4v) is 1.67. The first-order valence-corrected chi connectivity index (χ1v) is 5.25. The number of nitrogens with two attached hydrogens (primary N) is 1. The lowest BCUT2D eigenvalue weighted by molar-refractivity contribution is 0.356. The highest BCUT2D eigenvalue weighted by molar-refractivity contribution is 5.68. The SMILES string of the molecule is COc1cccc(-c2ncc(CN)[nH]2)c1OC. The smallest absolute Gasteiger partial charge is 0.171 e. The molecule has 5 nitrogen and oxygen atoms in total. The average molecular weight is 233 g/mol. The normalized spacial score (nSPS) is 10.3. The van der Waals surface area contributed by atoms with E-state index >= 15 is 0 Å². The number of aromatic amines is 1. The van der Waals surface area contributed by atoms with Gasteiger partial charge in [0.05, 0.1) is 19.8 Å². The molecule has 0 bridgehead atoms. The van der Waals surface area contributed by atoms with Crippen LogP contribution in [0, 0.1) is 0 Å². The van der Waals surface area contributed by atoms with Gasteiger partial charge in [0.2, 0.25) is 0 Å². The summed E-state index contributed by atoms with van der Waals surface area (Å²) in [5, 5.41) is 0. The molecule has 0 saturated heterocycles. The van der Waals surface area contributed by atoms with Gasteiger partial charge in [-0.05, 0) is 12.1 Å². The summed E-state index contributed by atoms with van der Waals surface area (Å²) < 4.78 is 10.6. The largest absolute Gasteiger partial charge is 0.493 e. The zero-order valence-electron chi connectivity index (χ0n) is 9.86. The summed E-state index contributed by atoms with van der Waals surface area (Å²) in [7, 11) is 3.21. The highest BCUT2D eigenvalue weighted by atomic mass is 16.5. The van der Waals surface area contributed by atoms with Crippen LogP contribution in [0.3, 0.4) is 0 Å². The molecule has 0 aliphatic heterocycles. The van der Waals surface area contributed by atoms with Crippen molar-refractivity contribution in [3.8, 4) is 22.9 Å². The van der Waals surface area contributed by atoms with Crippen LogP contribution in [0.15, 0.2) is 24.4 Å². The molecule has 0 saturated carbocycles. The van der Waals surface area contributed by atoms with E-state index < -0.39 is 0 Å². The van der Waals surface area contributed by atoms with Crippen molar-refractivity contribution in [2.24, 2.45) is 5.73 Å². The van der Waals surface area contributed by atoms with Crippen LogP contribution in [-0.4, -0.2) is 24.2 Å². The third-order valence-electron chi connectivity index (χ3n) is 2.51. The molecule has 0 aliphatic carbocycles. The third-order valence-corrected chi connectivity index (χ3v) is 2.51. The van der Waals surface area contributed by atoms with Gasteiger partial charge >= 0.3 is 0 Å². The van der Waals surface area contributed by atoms with E-state index in [1.807, 2.05) is 18.2 Å². The van der Waals surface area contributed by atoms with Crippen LogP contribution in [0.25, 0.3) is 11.4 Å². The summed E-state index contributed by atoms with van der Waals surface area (Å²) >= 11 is 0. The average Bonchev–Trinajstić information content (AvgIpc) is 2.86. The highest BCUT2D eigenvalue weighted by Gasteiger charge is 2.13. The molecule has 5 heteroatoms. The summed E-state index contributed by atoms with van der Waals surface area (Å²) in [6, 6.07) is 5.65. The Kier molecular flexibility index (Phi) is 3.30. The number of rotatable bonds is 4. The number of hydrogen-bond acceptors (Lipinski definition) is 4. The van der Waals surface area contributed by atoms with E-state index in [-0.39, 0.29) is 0 Å². The molecule has 0 aliphatic rings. The first kappa shape index (κ1) is 11.5. The second-order valence-electron chi connectivity index (χ2n) is 3.50. The number of nitrogens with zero attached hydrogens (tertiary/aromatic N) is 1. The van der Waals surface area contributed by atoms with Gasteiger partial charge in [0.1, 0.15) is 5.82 Å².